The number of unbranched alkanes of at least 4 members (excludes halogenated alkanes) is 1. The third-order valence-corrected chi connectivity index (χ3v) is 2.50. The van der Waals surface area contributed by atoms with Gasteiger partial charge in [0.1, 0.15) is 5.60 Å². The van der Waals surface area contributed by atoms with Crippen molar-refractivity contribution in [3.05, 3.63) is 0 Å². The third-order valence-electron chi connectivity index (χ3n) is 2.50. The highest BCUT2D eigenvalue weighted by Gasteiger charge is 2.49. The first kappa shape index (κ1) is 17.6. The minimum Gasteiger partial charge on any atom is -0.457 e. The molecular formula is C14H24O5. The van der Waals surface area contributed by atoms with Gasteiger partial charge in [-0.15, -0.1) is 0 Å². The Kier molecular flexibility index (Phi) is 6.19. The van der Waals surface area contributed by atoms with Crippen LogP contribution in [0.5, 0.6) is 0 Å². The highest BCUT2D eigenvalue weighted by molar-refractivity contribution is 6.07. The van der Waals surface area contributed by atoms with Crippen molar-refractivity contribution in [2.24, 2.45) is 0 Å². The van der Waals surface area contributed by atoms with E-state index in [4.69, 9.17) is 9.47 Å². The molecule has 19 heavy (non-hydrogen) atoms. The fourth-order valence-electron chi connectivity index (χ4n) is 1.62. The molecule has 0 aliphatic carbocycles. The normalized spacial score (nSPS) is 14.4. The van der Waals surface area contributed by atoms with E-state index in [-0.39, 0.29) is 6.42 Å². The van der Waals surface area contributed by atoms with Crippen molar-refractivity contribution in [1.82, 2.24) is 0 Å². The van der Waals surface area contributed by atoms with Crippen LogP contribution in [-0.2, 0) is 23.9 Å². The molecule has 5 nitrogen and oxygen atoms in total. The molecule has 0 bridgehead atoms. The molecule has 0 aliphatic rings. The quantitative estimate of drug-likeness (QED) is 0.548. The Hall–Kier alpha value is -1.39. The second kappa shape index (κ2) is 6.68. The second-order valence-corrected chi connectivity index (χ2v) is 5.58. The van der Waals surface area contributed by atoms with Crippen LogP contribution in [0.1, 0.15) is 60.8 Å². The highest BCUT2D eigenvalue weighted by atomic mass is 16.6. The summed E-state index contributed by atoms with van der Waals surface area (Å²) in [6.45, 7) is 9.43. The van der Waals surface area contributed by atoms with E-state index in [0.29, 0.717) is 6.42 Å². The van der Waals surface area contributed by atoms with Crippen LogP contribution in [0.25, 0.3) is 0 Å². The van der Waals surface area contributed by atoms with Gasteiger partial charge in [0.15, 0.2) is 5.78 Å². The van der Waals surface area contributed by atoms with Crippen LogP contribution in [0, 0.1) is 0 Å². The Morgan fingerprint density at radius 1 is 1.00 bits per heavy atom. The Bertz CT molecular complexity index is 353. The zero-order chi connectivity index (χ0) is 15.3. The standard InChI is InChI=1S/C14H24O5/c1-7-8-9-14(10(2)15,18-11(3)16)12(17)19-13(4,5)6/h7-9H2,1-6H3. The van der Waals surface area contributed by atoms with Crippen molar-refractivity contribution in [1.29, 1.82) is 0 Å². The van der Waals surface area contributed by atoms with Gasteiger partial charge in [0.05, 0.1) is 0 Å². The number of ether oxygens (including phenoxy) is 2. The highest BCUT2D eigenvalue weighted by Crippen LogP contribution is 2.25. The zero-order valence-electron chi connectivity index (χ0n) is 12.7. The van der Waals surface area contributed by atoms with Crippen molar-refractivity contribution in [2.45, 2.75) is 72.0 Å². The average molecular weight is 272 g/mol. The Balaban J connectivity index is 5.36. The molecule has 5 heteroatoms. The van der Waals surface area contributed by atoms with E-state index in [0.717, 1.165) is 6.42 Å². The molecule has 0 rings (SSSR count). The first-order valence-electron chi connectivity index (χ1n) is 6.49. The molecule has 0 spiro atoms. The predicted octanol–water partition coefficient (Wildman–Crippen LogP) is 2.41. The lowest BCUT2D eigenvalue weighted by molar-refractivity contribution is -0.192. The molecule has 0 radical (unpaired) electrons. The summed E-state index contributed by atoms with van der Waals surface area (Å²) in [4.78, 5) is 35.3. The molecule has 0 aromatic heterocycles. The van der Waals surface area contributed by atoms with Crippen LogP contribution in [0.2, 0.25) is 0 Å². The van der Waals surface area contributed by atoms with Crippen LogP contribution >= 0.6 is 0 Å². The molecule has 1 atom stereocenters. The lowest BCUT2D eigenvalue weighted by atomic mass is 9.92. The Morgan fingerprint density at radius 2 is 1.53 bits per heavy atom. The molecule has 0 heterocycles. The maximum atomic E-state index is 12.2. The van der Waals surface area contributed by atoms with E-state index in [1.807, 2.05) is 6.92 Å². The fourth-order valence-corrected chi connectivity index (χ4v) is 1.62. The van der Waals surface area contributed by atoms with E-state index < -0.39 is 28.9 Å². The number of carbonyl (C=O) groups excluding carboxylic acids is 3. The van der Waals surface area contributed by atoms with Gasteiger partial charge < -0.3 is 9.47 Å². The van der Waals surface area contributed by atoms with Crippen LogP contribution in [0.3, 0.4) is 0 Å². The Labute approximate surface area is 114 Å². The molecule has 0 saturated carbocycles. The number of esters is 2. The number of rotatable bonds is 6. The van der Waals surface area contributed by atoms with Gasteiger partial charge in [-0.25, -0.2) is 4.79 Å². The second-order valence-electron chi connectivity index (χ2n) is 5.58. The molecule has 0 aliphatic heterocycles. The summed E-state index contributed by atoms with van der Waals surface area (Å²) in [5.74, 6) is -1.97. The van der Waals surface area contributed by atoms with Crippen LogP contribution in [-0.4, -0.2) is 28.9 Å². The van der Waals surface area contributed by atoms with Gasteiger partial charge >= 0.3 is 11.9 Å². The summed E-state index contributed by atoms with van der Waals surface area (Å²) in [7, 11) is 0. The van der Waals surface area contributed by atoms with E-state index in [9.17, 15) is 14.4 Å². The van der Waals surface area contributed by atoms with Crippen molar-refractivity contribution < 1.29 is 23.9 Å². The molecule has 0 fully saturated rings. The number of ketones is 1. The molecular weight excluding hydrogens is 248 g/mol. The van der Waals surface area contributed by atoms with E-state index in [2.05, 4.69) is 0 Å². The molecule has 0 saturated heterocycles. The fraction of sp³-hybridized carbons (Fsp3) is 0.786. The van der Waals surface area contributed by atoms with E-state index in [1.165, 1.54) is 13.8 Å². The summed E-state index contributed by atoms with van der Waals surface area (Å²) in [6.07, 6.45) is 1.51. The smallest absolute Gasteiger partial charge is 0.359 e. The number of hydrogen-bond donors (Lipinski definition) is 0. The third kappa shape index (κ3) is 5.41. The maximum Gasteiger partial charge on any atom is 0.359 e. The van der Waals surface area contributed by atoms with Crippen molar-refractivity contribution in [3.8, 4) is 0 Å². The van der Waals surface area contributed by atoms with E-state index in [1.54, 1.807) is 20.8 Å². The van der Waals surface area contributed by atoms with Crippen molar-refractivity contribution in [2.75, 3.05) is 0 Å². The van der Waals surface area contributed by atoms with Gasteiger partial charge in [0, 0.05) is 13.3 Å². The van der Waals surface area contributed by atoms with Gasteiger partial charge in [-0.2, -0.15) is 0 Å². The summed E-state index contributed by atoms with van der Waals surface area (Å²) < 4.78 is 10.3. The predicted molar refractivity (Wildman–Crippen MR) is 70.5 cm³/mol. The van der Waals surface area contributed by atoms with Crippen LogP contribution in [0.15, 0.2) is 0 Å². The summed E-state index contributed by atoms with van der Waals surface area (Å²) >= 11 is 0. The van der Waals surface area contributed by atoms with Gasteiger partial charge in [-0.1, -0.05) is 13.3 Å². The molecule has 1 unspecified atom stereocenters. The number of hydrogen-bond acceptors (Lipinski definition) is 5. The molecule has 0 aromatic rings. The van der Waals surface area contributed by atoms with Gasteiger partial charge in [0.2, 0.25) is 0 Å². The lowest BCUT2D eigenvalue weighted by Crippen LogP contribution is -2.52. The largest absolute Gasteiger partial charge is 0.457 e. The number of carbonyl (C=O) groups is 3. The topological polar surface area (TPSA) is 69.7 Å². The van der Waals surface area contributed by atoms with Crippen LogP contribution in [0.4, 0.5) is 0 Å². The lowest BCUT2D eigenvalue weighted by Gasteiger charge is -2.31. The van der Waals surface area contributed by atoms with Gasteiger partial charge in [-0.05, 0) is 34.1 Å². The molecule has 110 valence electrons. The zero-order valence-corrected chi connectivity index (χ0v) is 12.7. The maximum absolute atomic E-state index is 12.2. The van der Waals surface area contributed by atoms with Crippen LogP contribution < -0.4 is 0 Å². The minimum atomic E-state index is -1.81. The monoisotopic (exact) mass is 272 g/mol. The van der Waals surface area contributed by atoms with E-state index >= 15 is 0 Å². The van der Waals surface area contributed by atoms with Gasteiger partial charge in [-0.3, -0.25) is 9.59 Å². The molecule has 0 N–H and O–H groups in total. The average Bonchev–Trinajstić information content (AvgIpc) is 2.20. The first-order chi connectivity index (χ1) is 8.55. The van der Waals surface area contributed by atoms with Gasteiger partial charge in [0.25, 0.3) is 5.60 Å². The summed E-state index contributed by atoms with van der Waals surface area (Å²) in [6, 6.07) is 0. The summed E-state index contributed by atoms with van der Waals surface area (Å²) in [5, 5.41) is 0. The molecule has 0 amide bonds. The number of Topliss-reactive ketones (excluding diaryl/α,β-unsaturated/α-hetero) is 1. The van der Waals surface area contributed by atoms with Crippen molar-refractivity contribution in [3.63, 3.8) is 0 Å². The van der Waals surface area contributed by atoms with Crippen molar-refractivity contribution >= 4 is 17.7 Å². The SMILES string of the molecule is CCCCC(OC(C)=O)(C(C)=O)C(=O)OC(C)(C)C. The molecule has 0 aromatic carbocycles. The Morgan fingerprint density at radius 3 is 1.84 bits per heavy atom. The summed E-state index contributed by atoms with van der Waals surface area (Å²) in [5.41, 5.74) is -2.56. The minimum absolute atomic E-state index is 0.146. The first-order valence-corrected chi connectivity index (χ1v) is 6.49.